The highest BCUT2D eigenvalue weighted by Gasteiger charge is 2.12. The molecule has 0 aliphatic rings. The van der Waals surface area contributed by atoms with Crippen LogP contribution in [-0.4, -0.2) is 23.6 Å². The second-order valence-corrected chi connectivity index (χ2v) is 2.79. The van der Waals surface area contributed by atoms with E-state index in [0.29, 0.717) is 11.6 Å². The SMILES string of the molecule is CCOC(=O)C(C)NC(C)=S. The lowest BCUT2D eigenvalue weighted by Gasteiger charge is -2.11. The molecule has 1 atom stereocenters. The minimum Gasteiger partial charge on any atom is -0.464 e. The van der Waals surface area contributed by atoms with Crippen molar-refractivity contribution < 1.29 is 9.53 Å². The molecule has 0 aliphatic heterocycles. The molecule has 0 heterocycles. The van der Waals surface area contributed by atoms with Gasteiger partial charge >= 0.3 is 5.97 Å². The van der Waals surface area contributed by atoms with E-state index in [1.807, 2.05) is 0 Å². The highest BCUT2D eigenvalue weighted by molar-refractivity contribution is 7.80. The standard InChI is InChI=1S/C7H13NO2S/c1-4-10-7(9)5(2)8-6(3)11/h5H,4H2,1-3H3,(H,8,11). The fourth-order valence-electron chi connectivity index (χ4n) is 0.631. The second kappa shape index (κ2) is 5.07. The summed E-state index contributed by atoms with van der Waals surface area (Å²) < 4.78 is 4.74. The number of esters is 1. The monoisotopic (exact) mass is 175 g/mol. The second-order valence-electron chi connectivity index (χ2n) is 2.17. The van der Waals surface area contributed by atoms with Gasteiger partial charge in [-0.05, 0) is 20.8 Å². The molecule has 0 saturated carbocycles. The van der Waals surface area contributed by atoms with Gasteiger partial charge in [-0.1, -0.05) is 12.2 Å². The highest BCUT2D eigenvalue weighted by Crippen LogP contribution is 1.87. The van der Waals surface area contributed by atoms with Crippen molar-refractivity contribution in [3.63, 3.8) is 0 Å². The highest BCUT2D eigenvalue weighted by atomic mass is 32.1. The number of carbonyl (C=O) groups excluding carboxylic acids is 1. The van der Waals surface area contributed by atoms with E-state index >= 15 is 0 Å². The Morgan fingerprint density at radius 3 is 2.64 bits per heavy atom. The summed E-state index contributed by atoms with van der Waals surface area (Å²) in [6.07, 6.45) is 0. The molecule has 0 fully saturated rings. The van der Waals surface area contributed by atoms with Crippen LogP contribution in [0.25, 0.3) is 0 Å². The summed E-state index contributed by atoms with van der Waals surface area (Å²) in [6, 6.07) is -0.340. The van der Waals surface area contributed by atoms with Gasteiger partial charge in [-0.25, -0.2) is 4.79 Å². The van der Waals surface area contributed by atoms with Crippen LogP contribution in [0, 0.1) is 0 Å². The smallest absolute Gasteiger partial charge is 0.328 e. The van der Waals surface area contributed by atoms with Gasteiger partial charge in [-0.3, -0.25) is 0 Å². The maximum absolute atomic E-state index is 10.9. The van der Waals surface area contributed by atoms with Crippen molar-refractivity contribution in [2.24, 2.45) is 0 Å². The summed E-state index contributed by atoms with van der Waals surface area (Å²) in [4.78, 5) is 11.5. The normalized spacial score (nSPS) is 11.9. The van der Waals surface area contributed by atoms with Gasteiger partial charge in [0.15, 0.2) is 0 Å². The molecular formula is C7H13NO2S. The maximum Gasteiger partial charge on any atom is 0.328 e. The number of hydrogen-bond donors (Lipinski definition) is 1. The van der Waals surface area contributed by atoms with Crippen LogP contribution in [0.5, 0.6) is 0 Å². The third-order valence-corrected chi connectivity index (χ3v) is 1.18. The number of rotatable bonds is 3. The van der Waals surface area contributed by atoms with E-state index < -0.39 is 0 Å². The Labute approximate surface area is 72.1 Å². The van der Waals surface area contributed by atoms with E-state index in [0.717, 1.165) is 0 Å². The van der Waals surface area contributed by atoms with Gasteiger partial charge in [-0.2, -0.15) is 0 Å². The molecule has 0 aromatic carbocycles. The molecule has 0 amide bonds. The molecule has 0 aromatic heterocycles. The van der Waals surface area contributed by atoms with Crippen molar-refractivity contribution in [1.29, 1.82) is 0 Å². The summed E-state index contributed by atoms with van der Waals surface area (Å²) in [5.74, 6) is -0.267. The molecule has 0 aromatic rings. The molecule has 4 heteroatoms. The fraction of sp³-hybridized carbons (Fsp3) is 0.714. The molecule has 11 heavy (non-hydrogen) atoms. The Balaban J connectivity index is 3.73. The van der Waals surface area contributed by atoms with E-state index in [2.05, 4.69) is 5.32 Å². The Morgan fingerprint density at radius 2 is 2.27 bits per heavy atom. The molecule has 0 aliphatic carbocycles. The van der Waals surface area contributed by atoms with Gasteiger partial charge in [0.05, 0.1) is 11.6 Å². The summed E-state index contributed by atoms with van der Waals surface area (Å²) in [5, 5.41) is 2.78. The zero-order chi connectivity index (χ0) is 8.85. The fourth-order valence-corrected chi connectivity index (χ4v) is 0.808. The third kappa shape index (κ3) is 4.72. The number of carbonyl (C=O) groups is 1. The van der Waals surface area contributed by atoms with Crippen molar-refractivity contribution in [2.75, 3.05) is 6.61 Å². The first kappa shape index (κ1) is 10.4. The molecule has 1 N–H and O–H groups in total. The minimum absolute atomic E-state index is 0.267. The van der Waals surface area contributed by atoms with Crippen LogP contribution in [0.3, 0.4) is 0 Å². The average molecular weight is 175 g/mol. The van der Waals surface area contributed by atoms with E-state index in [4.69, 9.17) is 17.0 Å². The summed E-state index contributed by atoms with van der Waals surface area (Å²) in [7, 11) is 0. The molecule has 3 nitrogen and oxygen atoms in total. The van der Waals surface area contributed by atoms with E-state index in [1.165, 1.54) is 0 Å². The van der Waals surface area contributed by atoms with Crippen LogP contribution in [0.1, 0.15) is 20.8 Å². The Morgan fingerprint density at radius 1 is 1.73 bits per heavy atom. The zero-order valence-electron chi connectivity index (χ0n) is 7.01. The Kier molecular flexibility index (Phi) is 4.77. The van der Waals surface area contributed by atoms with Crippen LogP contribution in [0.2, 0.25) is 0 Å². The van der Waals surface area contributed by atoms with E-state index in [-0.39, 0.29) is 12.0 Å². The van der Waals surface area contributed by atoms with Crippen LogP contribution < -0.4 is 5.32 Å². The number of nitrogens with one attached hydrogen (secondary N) is 1. The van der Waals surface area contributed by atoms with Gasteiger partial charge in [0, 0.05) is 0 Å². The van der Waals surface area contributed by atoms with E-state index in [1.54, 1.807) is 20.8 Å². The number of hydrogen-bond acceptors (Lipinski definition) is 3. The van der Waals surface area contributed by atoms with Crippen molar-refractivity contribution in [1.82, 2.24) is 5.32 Å². The van der Waals surface area contributed by atoms with Crippen LogP contribution in [-0.2, 0) is 9.53 Å². The number of ether oxygens (including phenoxy) is 1. The average Bonchev–Trinajstić information content (AvgIpc) is 1.86. The molecule has 0 spiro atoms. The van der Waals surface area contributed by atoms with Crippen molar-refractivity contribution in [3.05, 3.63) is 0 Å². The lowest BCUT2D eigenvalue weighted by atomic mass is 10.3. The van der Waals surface area contributed by atoms with Gasteiger partial charge in [0.2, 0.25) is 0 Å². The molecule has 1 unspecified atom stereocenters. The first-order valence-electron chi connectivity index (χ1n) is 3.51. The van der Waals surface area contributed by atoms with Crippen LogP contribution in [0.4, 0.5) is 0 Å². The van der Waals surface area contributed by atoms with Crippen LogP contribution >= 0.6 is 12.2 Å². The Bertz CT molecular complexity index is 159. The summed E-state index contributed by atoms with van der Waals surface area (Å²) >= 11 is 4.76. The van der Waals surface area contributed by atoms with Gasteiger partial charge in [0.1, 0.15) is 6.04 Å². The van der Waals surface area contributed by atoms with Gasteiger partial charge in [0.25, 0.3) is 0 Å². The lowest BCUT2D eigenvalue weighted by molar-refractivity contribution is -0.144. The molecule has 0 bridgehead atoms. The Hall–Kier alpha value is -0.640. The van der Waals surface area contributed by atoms with Gasteiger partial charge < -0.3 is 10.1 Å². The predicted octanol–water partition coefficient (Wildman–Crippen LogP) is 0.875. The largest absolute Gasteiger partial charge is 0.464 e. The third-order valence-electron chi connectivity index (χ3n) is 1.06. The maximum atomic E-state index is 10.9. The molecule has 0 saturated heterocycles. The zero-order valence-corrected chi connectivity index (χ0v) is 7.83. The van der Waals surface area contributed by atoms with Crippen LogP contribution in [0.15, 0.2) is 0 Å². The predicted molar refractivity (Wildman–Crippen MR) is 47.5 cm³/mol. The minimum atomic E-state index is -0.340. The van der Waals surface area contributed by atoms with Crippen molar-refractivity contribution >= 4 is 23.2 Å². The number of thiocarbonyl (C=S) groups is 1. The molecule has 64 valence electrons. The lowest BCUT2D eigenvalue weighted by Crippen LogP contribution is -2.37. The molecular weight excluding hydrogens is 162 g/mol. The summed E-state index contributed by atoms with van der Waals surface area (Å²) in [6.45, 7) is 5.62. The molecule has 0 rings (SSSR count). The quantitative estimate of drug-likeness (QED) is 0.510. The van der Waals surface area contributed by atoms with Gasteiger partial charge in [-0.15, -0.1) is 0 Å². The molecule has 0 radical (unpaired) electrons. The van der Waals surface area contributed by atoms with Crippen molar-refractivity contribution in [2.45, 2.75) is 26.8 Å². The topological polar surface area (TPSA) is 38.3 Å². The van der Waals surface area contributed by atoms with Crippen molar-refractivity contribution in [3.8, 4) is 0 Å². The van der Waals surface area contributed by atoms with E-state index in [9.17, 15) is 4.79 Å². The first-order valence-corrected chi connectivity index (χ1v) is 3.92. The summed E-state index contributed by atoms with van der Waals surface area (Å²) in [5.41, 5.74) is 0. The first-order chi connectivity index (χ1) is 5.07.